The number of aromatic nitrogens is 2. The van der Waals surface area contributed by atoms with E-state index in [-0.39, 0.29) is 30.4 Å². The van der Waals surface area contributed by atoms with Gasteiger partial charge in [0.25, 0.3) is 0 Å². The molecule has 3 N–H and O–H groups in total. The Kier molecular flexibility index (Phi) is 5.91. The second kappa shape index (κ2) is 6.97. The Hall–Kier alpha value is -0.780. The monoisotopic (exact) mass is 292 g/mol. The van der Waals surface area contributed by atoms with Crippen molar-refractivity contribution in [2.45, 2.75) is 44.3 Å². The topological polar surface area (TPSA) is 72.9 Å². The minimum absolute atomic E-state index is 0. The van der Waals surface area contributed by atoms with Gasteiger partial charge in [0.1, 0.15) is 0 Å². The summed E-state index contributed by atoms with van der Waals surface area (Å²) in [5.41, 5.74) is 5.79. The minimum Gasteiger partial charge on any atom is -0.353 e. The van der Waals surface area contributed by atoms with Crippen molar-refractivity contribution >= 4 is 29.9 Å². The zero-order valence-electron chi connectivity index (χ0n) is 10.0. The number of hydrogen-bond acceptors (Lipinski definition) is 3. The normalized spacial score (nSPS) is 22.6. The van der Waals surface area contributed by atoms with Crippen molar-refractivity contribution in [2.24, 2.45) is 5.73 Å². The van der Waals surface area contributed by atoms with Crippen LogP contribution < -0.4 is 11.1 Å². The van der Waals surface area contributed by atoms with Gasteiger partial charge < -0.3 is 11.1 Å². The van der Waals surface area contributed by atoms with E-state index in [2.05, 4.69) is 10.4 Å². The Bertz CT molecular complexity index is 396. The third kappa shape index (κ3) is 4.48. The molecule has 1 heterocycles. The van der Waals surface area contributed by atoms with Crippen molar-refractivity contribution in [2.75, 3.05) is 0 Å². The predicted molar refractivity (Wildman–Crippen MR) is 72.9 cm³/mol. The Balaban J connectivity index is 0.00000162. The molecule has 1 fully saturated rings. The number of rotatable bonds is 4. The lowest BCUT2D eigenvalue weighted by Gasteiger charge is -2.12. The summed E-state index contributed by atoms with van der Waals surface area (Å²) in [6.07, 6.45) is 6.57. The molecule has 0 bridgehead atoms. The standard InChI is InChI=1S/C11H17ClN4O.ClH/c12-8-6-14-16(7-8)4-3-11(17)15-10-2-1-9(13)5-10;/h6-7,9-10H,1-5,13H2,(H,15,17);1H/t9-,10-;/m1./s1. The highest BCUT2D eigenvalue weighted by Crippen LogP contribution is 2.17. The fourth-order valence-electron chi connectivity index (χ4n) is 2.12. The number of halogens is 2. The van der Waals surface area contributed by atoms with E-state index in [4.69, 9.17) is 17.3 Å². The molecule has 1 aromatic heterocycles. The van der Waals surface area contributed by atoms with Gasteiger partial charge in [-0.2, -0.15) is 5.10 Å². The van der Waals surface area contributed by atoms with Crippen LogP contribution >= 0.6 is 24.0 Å². The van der Waals surface area contributed by atoms with Gasteiger partial charge in [-0.25, -0.2) is 0 Å². The van der Waals surface area contributed by atoms with Gasteiger partial charge in [0, 0.05) is 31.2 Å². The summed E-state index contributed by atoms with van der Waals surface area (Å²) < 4.78 is 1.67. The first-order valence-electron chi connectivity index (χ1n) is 5.86. The van der Waals surface area contributed by atoms with Crippen molar-refractivity contribution in [1.82, 2.24) is 15.1 Å². The summed E-state index contributed by atoms with van der Waals surface area (Å²) >= 11 is 5.73. The summed E-state index contributed by atoms with van der Waals surface area (Å²) in [6, 6.07) is 0.490. The molecule has 0 unspecified atom stereocenters. The van der Waals surface area contributed by atoms with E-state index in [0.29, 0.717) is 18.0 Å². The van der Waals surface area contributed by atoms with Gasteiger partial charge >= 0.3 is 0 Å². The highest BCUT2D eigenvalue weighted by Gasteiger charge is 2.22. The van der Waals surface area contributed by atoms with Crippen LogP contribution in [0.5, 0.6) is 0 Å². The third-order valence-corrected chi connectivity index (χ3v) is 3.20. The van der Waals surface area contributed by atoms with Crippen LogP contribution in [0.4, 0.5) is 0 Å². The number of aryl methyl sites for hydroxylation is 1. The van der Waals surface area contributed by atoms with Crippen LogP contribution in [0.3, 0.4) is 0 Å². The van der Waals surface area contributed by atoms with E-state index in [0.717, 1.165) is 19.3 Å². The average molecular weight is 293 g/mol. The van der Waals surface area contributed by atoms with Crippen LogP contribution in [-0.2, 0) is 11.3 Å². The highest BCUT2D eigenvalue weighted by molar-refractivity contribution is 6.30. The van der Waals surface area contributed by atoms with Gasteiger partial charge in [-0.05, 0) is 19.3 Å². The first-order chi connectivity index (χ1) is 8.13. The Morgan fingerprint density at radius 1 is 1.61 bits per heavy atom. The van der Waals surface area contributed by atoms with Crippen molar-refractivity contribution in [1.29, 1.82) is 0 Å². The van der Waals surface area contributed by atoms with Gasteiger partial charge in [0.05, 0.1) is 11.2 Å². The van der Waals surface area contributed by atoms with E-state index in [1.807, 2.05) is 0 Å². The lowest BCUT2D eigenvalue weighted by molar-refractivity contribution is -0.122. The van der Waals surface area contributed by atoms with Crippen LogP contribution in [-0.4, -0.2) is 27.8 Å². The minimum atomic E-state index is 0. The summed E-state index contributed by atoms with van der Waals surface area (Å²) in [5.74, 6) is 0.0516. The zero-order chi connectivity index (χ0) is 12.3. The lowest BCUT2D eigenvalue weighted by Crippen LogP contribution is -2.34. The Morgan fingerprint density at radius 3 is 2.94 bits per heavy atom. The van der Waals surface area contributed by atoms with Crippen LogP contribution in [0, 0.1) is 0 Å². The second-order valence-corrected chi connectivity index (χ2v) is 4.95. The zero-order valence-corrected chi connectivity index (χ0v) is 11.6. The van der Waals surface area contributed by atoms with Crippen LogP contribution in [0.2, 0.25) is 5.02 Å². The molecule has 0 aromatic carbocycles. The molecular weight excluding hydrogens is 275 g/mol. The number of nitrogens with zero attached hydrogens (tertiary/aromatic N) is 2. The van der Waals surface area contributed by atoms with E-state index in [1.165, 1.54) is 0 Å². The molecule has 0 radical (unpaired) electrons. The Morgan fingerprint density at radius 2 is 2.39 bits per heavy atom. The predicted octanol–water partition coefficient (Wildman–Crippen LogP) is 1.34. The van der Waals surface area contributed by atoms with Crippen LogP contribution in [0.25, 0.3) is 0 Å². The molecule has 0 spiro atoms. The molecular formula is C11H18Cl2N4O. The summed E-state index contributed by atoms with van der Waals surface area (Å²) in [6.45, 7) is 0.553. The maximum atomic E-state index is 11.7. The van der Waals surface area contributed by atoms with Gasteiger partial charge in [-0.1, -0.05) is 11.6 Å². The summed E-state index contributed by atoms with van der Waals surface area (Å²) in [4.78, 5) is 11.7. The van der Waals surface area contributed by atoms with E-state index in [1.54, 1.807) is 17.1 Å². The lowest BCUT2D eigenvalue weighted by atomic mass is 10.2. The summed E-state index contributed by atoms with van der Waals surface area (Å²) in [7, 11) is 0. The number of carbonyl (C=O) groups excluding carboxylic acids is 1. The molecule has 1 aromatic rings. The summed E-state index contributed by atoms with van der Waals surface area (Å²) in [5, 5.41) is 7.60. The van der Waals surface area contributed by atoms with E-state index >= 15 is 0 Å². The fraction of sp³-hybridized carbons (Fsp3) is 0.636. The first kappa shape index (κ1) is 15.3. The molecule has 18 heavy (non-hydrogen) atoms. The molecule has 1 saturated carbocycles. The van der Waals surface area contributed by atoms with Crippen molar-refractivity contribution in [3.8, 4) is 0 Å². The van der Waals surface area contributed by atoms with E-state index in [9.17, 15) is 4.79 Å². The first-order valence-corrected chi connectivity index (χ1v) is 6.24. The smallest absolute Gasteiger partial charge is 0.222 e. The highest BCUT2D eigenvalue weighted by atomic mass is 35.5. The quantitative estimate of drug-likeness (QED) is 0.880. The molecule has 1 aliphatic carbocycles. The van der Waals surface area contributed by atoms with Crippen molar-refractivity contribution in [3.63, 3.8) is 0 Å². The molecule has 2 rings (SSSR count). The Labute approximate surface area is 117 Å². The maximum absolute atomic E-state index is 11.7. The van der Waals surface area contributed by atoms with Gasteiger partial charge in [-0.3, -0.25) is 9.48 Å². The second-order valence-electron chi connectivity index (χ2n) is 4.51. The molecule has 102 valence electrons. The largest absolute Gasteiger partial charge is 0.353 e. The molecule has 5 nitrogen and oxygen atoms in total. The van der Waals surface area contributed by atoms with E-state index < -0.39 is 0 Å². The SMILES string of the molecule is Cl.N[C@@H]1CC[C@@H](NC(=O)CCn2cc(Cl)cn2)C1. The average Bonchev–Trinajstić information content (AvgIpc) is 2.85. The van der Waals surface area contributed by atoms with Crippen molar-refractivity contribution in [3.05, 3.63) is 17.4 Å². The number of nitrogens with two attached hydrogens (primary N) is 1. The number of hydrogen-bond donors (Lipinski definition) is 2. The fourth-order valence-corrected chi connectivity index (χ4v) is 2.28. The maximum Gasteiger partial charge on any atom is 0.222 e. The number of amides is 1. The van der Waals surface area contributed by atoms with Crippen LogP contribution in [0.1, 0.15) is 25.7 Å². The molecule has 2 atom stereocenters. The van der Waals surface area contributed by atoms with Crippen molar-refractivity contribution < 1.29 is 4.79 Å². The van der Waals surface area contributed by atoms with Gasteiger partial charge in [-0.15, -0.1) is 12.4 Å². The molecule has 1 amide bonds. The third-order valence-electron chi connectivity index (χ3n) is 3.01. The molecule has 1 aliphatic rings. The molecule has 0 aliphatic heterocycles. The number of nitrogens with one attached hydrogen (secondary N) is 1. The van der Waals surface area contributed by atoms with Crippen LogP contribution in [0.15, 0.2) is 12.4 Å². The molecule has 7 heteroatoms. The van der Waals surface area contributed by atoms with Gasteiger partial charge in [0.2, 0.25) is 5.91 Å². The molecule has 0 saturated heterocycles. The van der Waals surface area contributed by atoms with Gasteiger partial charge in [0.15, 0.2) is 0 Å². The number of carbonyl (C=O) groups is 1.